The molecule has 32 heavy (non-hydrogen) atoms. The van der Waals surface area contributed by atoms with Gasteiger partial charge in [0.15, 0.2) is 5.78 Å². The SMILES string of the molecule is CO[Si](CCCCCCCCOC(=O)c1cccc(C(=O)c2ccccc2)c1)(OC)OC. The van der Waals surface area contributed by atoms with Crippen LogP contribution in [0.2, 0.25) is 6.04 Å². The van der Waals surface area contributed by atoms with E-state index in [2.05, 4.69) is 0 Å². The van der Waals surface area contributed by atoms with E-state index in [9.17, 15) is 9.59 Å². The van der Waals surface area contributed by atoms with Crippen molar-refractivity contribution in [3.8, 4) is 0 Å². The fraction of sp³-hybridized carbons (Fsp3) is 0.440. The summed E-state index contributed by atoms with van der Waals surface area (Å²) in [5.41, 5.74) is 1.47. The van der Waals surface area contributed by atoms with Gasteiger partial charge in [0, 0.05) is 38.5 Å². The van der Waals surface area contributed by atoms with Crippen LogP contribution in [-0.2, 0) is 18.0 Å². The Hall–Kier alpha value is -2.32. The van der Waals surface area contributed by atoms with E-state index in [0.29, 0.717) is 23.3 Å². The minimum atomic E-state index is -2.45. The lowest BCUT2D eigenvalue weighted by molar-refractivity contribution is 0.0497. The maximum absolute atomic E-state index is 12.6. The number of hydrogen-bond donors (Lipinski definition) is 0. The van der Waals surface area contributed by atoms with E-state index < -0.39 is 14.8 Å². The Balaban J connectivity index is 1.65. The summed E-state index contributed by atoms with van der Waals surface area (Å²) in [6.45, 7) is 0.378. The number of ketones is 1. The summed E-state index contributed by atoms with van der Waals surface area (Å²) in [4.78, 5) is 24.9. The van der Waals surface area contributed by atoms with Crippen LogP contribution in [0.3, 0.4) is 0 Å². The van der Waals surface area contributed by atoms with Crippen molar-refractivity contribution >= 4 is 20.6 Å². The van der Waals surface area contributed by atoms with Crippen LogP contribution in [0.15, 0.2) is 54.6 Å². The van der Waals surface area contributed by atoms with E-state index >= 15 is 0 Å². The van der Waals surface area contributed by atoms with E-state index in [1.54, 1.807) is 57.7 Å². The van der Waals surface area contributed by atoms with Crippen molar-refractivity contribution in [2.24, 2.45) is 0 Å². The van der Waals surface area contributed by atoms with Crippen molar-refractivity contribution in [3.05, 3.63) is 71.3 Å². The molecule has 6 nitrogen and oxygen atoms in total. The average molecular weight is 459 g/mol. The van der Waals surface area contributed by atoms with Gasteiger partial charge in [-0.25, -0.2) is 4.79 Å². The first-order chi connectivity index (χ1) is 15.5. The van der Waals surface area contributed by atoms with Crippen molar-refractivity contribution in [1.29, 1.82) is 0 Å². The maximum atomic E-state index is 12.6. The van der Waals surface area contributed by atoms with Gasteiger partial charge in [0.25, 0.3) is 0 Å². The third kappa shape index (κ3) is 7.98. The molecule has 0 aromatic heterocycles. The zero-order valence-electron chi connectivity index (χ0n) is 19.3. The van der Waals surface area contributed by atoms with Crippen molar-refractivity contribution in [3.63, 3.8) is 0 Å². The Morgan fingerprint density at radius 2 is 1.25 bits per heavy atom. The van der Waals surface area contributed by atoms with Crippen molar-refractivity contribution in [2.75, 3.05) is 27.9 Å². The lowest BCUT2D eigenvalue weighted by Gasteiger charge is -2.24. The molecule has 7 heteroatoms. The highest BCUT2D eigenvalue weighted by molar-refractivity contribution is 6.60. The molecule has 0 unspecified atom stereocenters. The summed E-state index contributed by atoms with van der Waals surface area (Å²) in [5, 5.41) is 0. The molecular weight excluding hydrogens is 424 g/mol. The maximum Gasteiger partial charge on any atom is 0.500 e. The Morgan fingerprint density at radius 3 is 1.91 bits per heavy atom. The van der Waals surface area contributed by atoms with E-state index in [-0.39, 0.29) is 5.78 Å². The molecule has 0 heterocycles. The van der Waals surface area contributed by atoms with Gasteiger partial charge >= 0.3 is 14.8 Å². The number of esters is 1. The minimum Gasteiger partial charge on any atom is -0.462 e. The molecule has 0 saturated heterocycles. The van der Waals surface area contributed by atoms with Gasteiger partial charge in [-0.05, 0) is 25.0 Å². The summed E-state index contributed by atoms with van der Waals surface area (Å²) in [6.07, 6.45) is 6.11. The molecule has 0 atom stereocenters. The van der Waals surface area contributed by atoms with Crippen LogP contribution in [0.4, 0.5) is 0 Å². The molecule has 0 radical (unpaired) electrons. The van der Waals surface area contributed by atoms with Crippen molar-refractivity contribution in [2.45, 2.75) is 44.6 Å². The monoisotopic (exact) mass is 458 g/mol. The fourth-order valence-corrected chi connectivity index (χ4v) is 5.29. The van der Waals surface area contributed by atoms with Crippen LogP contribution in [0.5, 0.6) is 0 Å². The standard InChI is InChI=1S/C25H34O6Si/c1-28-32(29-2,30-3)19-12-7-5-4-6-11-18-31-25(27)23-17-13-16-22(20-23)24(26)21-14-9-8-10-15-21/h8-10,13-17,20H,4-7,11-12,18-19H2,1-3H3. The highest BCUT2D eigenvalue weighted by Crippen LogP contribution is 2.18. The summed E-state index contributed by atoms with van der Waals surface area (Å²) in [5.74, 6) is -0.505. The van der Waals surface area contributed by atoms with Crippen LogP contribution in [0.25, 0.3) is 0 Å². The first kappa shape index (κ1) is 25.9. The van der Waals surface area contributed by atoms with Crippen LogP contribution >= 0.6 is 0 Å². The Morgan fingerprint density at radius 1 is 0.688 bits per heavy atom. The first-order valence-corrected chi connectivity index (χ1v) is 13.0. The molecule has 0 aliphatic heterocycles. The second-order valence-corrected chi connectivity index (χ2v) is 10.7. The quantitative estimate of drug-likeness (QED) is 0.156. The highest BCUT2D eigenvalue weighted by atomic mass is 28.4. The summed E-state index contributed by atoms with van der Waals surface area (Å²) < 4.78 is 21.7. The molecule has 0 bridgehead atoms. The van der Waals surface area contributed by atoms with E-state index in [4.69, 9.17) is 18.0 Å². The first-order valence-electron chi connectivity index (χ1n) is 11.1. The number of carbonyl (C=O) groups excluding carboxylic acids is 2. The molecule has 0 aliphatic rings. The van der Waals surface area contributed by atoms with Gasteiger partial charge in [0.05, 0.1) is 12.2 Å². The molecule has 174 valence electrons. The van der Waals surface area contributed by atoms with E-state index in [1.165, 1.54) is 0 Å². The average Bonchev–Trinajstić information content (AvgIpc) is 2.85. The van der Waals surface area contributed by atoms with Gasteiger partial charge in [0.2, 0.25) is 0 Å². The second kappa shape index (κ2) is 14.0. The Labute approximate surface area is 192 Å². The third-order valence-corrected chi connectivity index (χ3v) is 8.27. The molecule has 2 aromatic rings. The second-order valence-electron chi connectivity index (χ2n) is 7.58. The lowest BCUT2D eigenvalue weighted by Crippen LogP contribution is -2.42. The van der Waals surface area contributed by atoms with Gasteiger partial charge in [-0.15, -0.1) is 0 Å². The van der Waals surface area contributed by atoms with E-state index in [0.717, 1.165) is 44.6 Å². The highest BCUT2D eigenvalue weighted by Gasteiger charge is 2.36. The Bertz CT molecular complexity index is 827. The van der Waals surface area contributed by atoms with E-state index in [1.807, 2.05) is 18.2 Å². The third-order valence-electron chi connectivity index (χ3n) is 5.44. The molecule has 0 saturated carbocycles. The molecule has 2 aromatic carbocycles. The molecule has 2 rings (SSSR count). The summed E-state index contributed by atoms with van der Waals surface area (Å²) in [6, 6.07) is 16.5. The number of hydrogen-bond acceptors (Lipinski definition) is 6. The molecule has 0 spiro atoms. The lowest BCUT2D eigenvalue weighted by atomic mass is 10.0. The summed E-state index contributed by atoms with van der Waals surface area (Å²) >= 11 is 0. The summed E-state index contributed by atoms with van der Waals surface area (Å²) in [7, 11) is 2.46. The number of ether oxygens (including phenoxy) is 1. The number of rotatable bonds is 15. The zero-order chi connectivity index (χ0) is 23.2. The zero-order valence-corrected chi connectivity index (χ0v) is 20.3. The molecule has 0 fully saturated rings. The molecular formula is C25H34O6Si. The number of carbonyl (C=O) groups is 2. The number of unbranched alkanes of at least 4 members (excludes halogenated alkanes) is 5. The van der Waals surface area contributed by atoms with Gasteiger partial charge in [-0.1, -0.05) is 68.1 Å². The minimum absolute atomic E-state index is 0.110. The Kier molecular flexibility index (Phi) is 11.3. The predicted molar refractivity (Wildman–Crippen MR) is 126 cm³/mol. The molecule has 0 aliphatic carbocycles. The van der Waals surface area contributed by atoms with Crippen LogP contribution in [0.1, 0.15) is 64.8 Å². The van der Waals surface area contributed by atoms with Gasteiger partial charge < -0.3 is 18.0 Å². The molecule has 0 amide bonds. The topological polar surface area (TPSA) is 71.1 Å². The van der Waals surface area contributed by atoms with Crippen molar-refractivity contribution in [1.82, 2.24) is 0 Å². The predicted octanol–water partition coefficient (Wildman–Crippen LogP) is 5.29. The van der Waals surface area contributed by atoms with Crippen LogP contribution in [-0.4, -0.2) is 48.5 Å². The smallest absolute Gasteiger partial charge is 0.462 e. The van der Waals surface area contributed by atoms with Crippen LogP contribution in [0, 0.1) is 0 Å². The van der Waals surface area contributed by atoms with Gasteiger partial charge in [0.1, 0.15) is 0 Å². The van der Waals surface area contributed by atoms with Crippen LogP contribution < -0.4 is 0 Å². The normalized spacial score (nSPS) is 11.3. The van der Waals surface area contributed by atoms with Gasteiger partial charge in [-0.3, -0.25) is 4.79 Å². The molecule has 0 N–H and O–H groups in total. The van der Waals surface area contributed by atoms with Crippen molar-refractivity contribution < 1.29 is 27.6 Å². The number of benzene rings is 2. The largest absolute Gasteiger partial charge is 0.500 e. The van der Waals surface area contributed by atoms with Gasteiger partial charge in [-0.2, -0.15) is 0 Å². The fourth-order valence-electron chi connectivity index (χ4n) is 3.50.